The molecule has 1 rings (SSSR count). The quantitative estimate of drug-likeness (QED) is 0.671. The third-order valence-electron chi connectivity index (χ3n) is 1.80. The molecule has 1 saturated heterocycles. The maximum Gasteiger partial charge on any atom is 0.407 e. The molecule has 0 aromatic rings. The zero-order valence-corrected chi connectivity index (χ0v) is 10.9. The number of rotatable bonds is 2. The smallest absolute Gasteiger partial charge is 0.407 e. The summed E-state index contributed by atoms with van der Waals surface area (Å²) < 4.78 is 5.09. The van der Waals surface area contributed by atoms with Crippen molar-refractivity contribution in [2.45, 2.75) is 33.3 Å². The van der Waals surface area contributed by atoms with Gasteiger partial charge in [-0.1, -0.05) is 0 Å². The van der Waals surface area contributed by atoms with Gasteiger partial charge < -0.3 is 20.5 Å². The Morgan fingerprint density at radius 2 is 1.88 bits per heavy atom. The molecule has 3 N–H and O–H groups in total. The SMILES string of the molecule is CC(=O)O.CC(C)(C)OC(=O)NCC1CNC1. The summed E-state index contributed by atoms with van der Waals surface area (Å²) in [6, 6.07) is 0. The molecule has 0 aliphatic carbocycles. The number of carboxylic acid groups (broad SMARTS) is 1. The van der Waals surface area contributed by atoms with E-state index < -0.39 is 11.6 Å². The summed E-state index contributed by atoms with van der Waals surface area (Å²) in [5, 5.41) is 13.3. The summed E-state index contributed by atoms with van der Waals surface area (Å²) >= 11 is 0. The van der Waals surface area contributed by atoms with Gasteiger partial charge in [-0.3, -0.25) is 4.79 Å². The fourth-order valence-corrected chi connectivity index (χ4v) is 1.03. The van der Waals surface area contributed by atoms with E-state index in [4.69, 9.17) is 14.6 Å². The van der Waals surface area contributed by atoms with Crippen molar-refractivity contribution in [2.75, 3.05) is 19.6 Å². The first-order chi connectivity index (χ1) is 7.70. The Balaban J connectivity index is 0.000000557. The van der Waals surface area contributed by atoms with Crippen LogP contribution in [0.2, 0.25) is 0 Å². The number of hydrogen-bond acceptors (Lipinski definition) is 4. The molecule has 0 aromatic heterocycles. The molecule has 6 nitrogen and oxygen atoms in total. The van der Waals surface area contributed by atoms with Gasteiger partial charge in [-0.2, -0.15) is 0 Å². The molecular formula is C11H22N2O4. The van der Waals surface area contributed by atoms with Crippen LogP contribution in [-0.4, -0.2) is 42.4 Å². The van der Waals surface area contributed by atoms with Crippen LogP contribution < -0.4 is 10.6 Å². The number of nitrogens with one attached hydrogen (secondary N) is 2. The van der Waals surface area contributed by atoms with E-state index >= 15 is 0 Å². The molecule has 0 radical (unpaired) electrons. The van der Waals surface area contributed by atoms with Crippen LogP contribution >= 0.6 is 0 Å². The molecular weight excluding hydrogens is 224 g/mol. The van der Waals surface area contributed by atoms with Gasteiger partial charge in [-0.05, 0) is 20.8 Å². The Morgan fingerprint density at radius 1 is 1.41 bits per heavy atom. The normalized spacial score (nSPS) is 15.1. The summed E-state index contributed by atoms with van der Waals surface area (Å²) in [6.45, 7) is 9.36. The van der Waals surface area contributed by atoms with E-state index in [0.717, 1.165) is 20.0 Å². The van der Waals surface area contributed by atoms with E-state index in [1.165, 1.54) is 0 Å². The van der Waals surface area contributed by atoms with Crippen molar-refractivity contribution in [1.82, 2.24) is 10.6 Å². The number of hydrogen-bond donors (Lipinski definition) is 3. The molecule has 1 fully saturated rings. The van der Waals surface area contributed by atoms with Crippen LogP contribution in [0.1, 0.15) is 27.7 Å². The van der Waals surface area contributed by atoms with Crippen molar-refractivity contribution in [3.63, 3.8) is 0 Å². The van der Waals surface area contributed by atoms with Crippen molar-refractivity contribution >= 4 is 12.1 Å². The van der Waals surface area contributed by atoms with Crippen LogP contribution in [0.3, 0.4) is 0 Å². The molecule has 0 saturated carbocycles. The van der Waals surface area contributed by atoms with Crippen molar-refractivity contribution < 1.29 is 19.4 Å². The highest BCUT2D eigenvalue weighted by atomic mass is 16.6. The lowest BCUT2D eigenvalue weighted by molar-refractivity contribution is -0.134. The number of amides is 1. The zero-order chi connectivity index (χ0) is 13.5. The van der Waals surface area contributed by atoms with Crippen LogP contribution in [0.4, 0.5) is 4.79 Å². The first-order valence-corrected chi connectivity index (χ1v) is 5.58. The van der Waals surface area contributed by atoms with Crippen LogP contribution in [0.25, 0.3) is 0 Å². The third kappa shape index (κ3) is 11.0. The van der Waals surface area contributed by atoms with Crippen LogP contribution in [0.5, 0.6) is 0 Å². The molecule has 0 aromatic carbocycles. The van der Waals surface area contributed by atoms with Crippen molar-refractivity contribution in [1.29, 1.82) is 0 Å². The second-order valence-corrected chi connectivity index (χ2v) is 4.93. The Kier molecular flexibility index (Phi) is 6.57. The first-order valence-electron chi connectivity index (χ1n) is 5.58. The van der Waals surface area contributed by atoms with E-state index in [2.05, 4.69) is 10.6 Å². The largest absolute Gasteiger partial charge is 0.481 e. The summed E-state index contributed by atoms with van der Waals surface area (Å²) in [5.74, 6) is -0.257. The fourth-order valence-electron chi connectivity index (χ4n) is 1.03. The number of ether oxygens (including phenoxy) is 1. The van der Waals surface area contributed by atoms with Crippen molar-refractivity contribution in [3.05, 3.63) is 0 Å². The minimum absolute atomic E-state index is 0.320. The lowest BCUT2D eigenvalue weighted by Gasteiger charge is -2.27. The van der Waals surface area contributed by atoms with E-state index in [-0.39, 0.29) is 6.09 Å². The summed E-state index contributed by atoms with van der Waals surface area (Å²) in [4.78, 5) is 20.1. The minimum Gasteiger partial charge on any atom is -0.481 e. The second-order valence-electron chi connectivity index (χ2n) is 4.93. The molecule has 0 unspecified atom stereocenters. The highest BCUT2D eigenvalue weighted by Crippen LogP contribution is 2.07. The van der Waals surface area contributed by atoms with Gasteiger partial charge in [0, 0.05) is 32.5 Å². The summed E-state index contributed by atoms with van der Waals surface area (Å²) in [5.41, 5.74) is -0.401. The van der Waals surface area contributed by atoms with Gasteiger partial charge >= 0.3 is 6.09 Å². The van der Waals surface area contributed by atoms with Gasteiger partial charge in [-0.25, -0.2) is 4.79 Å². The molecule has 6 heteroatoms. The maximum absolute atomic E-state index is 11.1. The Morgan fingerprint density at radius 3 is 2.18 bits per heavy atom. The molecule has 1 amide bonds. The minimum atomic E-state index is -0.833. The van der Waals surface area contributed by atoms with Gasteiger partial charge in [0.25, 0.3) is 5.97 Å². The number of carboxylic acids is 1. The number of carbonyl (C=O) groups is 2. The monoisotopic (exact) mass is 246 g/mol. The number of carbonyl (C=O) groups excluding carboxylic acids is 1. The lowest BCUT2D eigenvalue weighted by atomic mass is 10.0. The Labute approximate surface area is 102 Å². The van der Waals surface area contributed by atoms with Crippen LogP contribution in [0, 0.1) is 5.92 Å². The molecule has 0 atom stereocenters. The Bertz CT molecular complexity index is 253. The van der Waals surface area contributed by atoms with Crippen molar-refractivity contribution in [2.24, 2.45) is 5.92 Å². The molecule has 1 heterocycles. The van der Waals surface area contributed by atoms with Crippen LogP contribution in [-0.2, 0) is 9.53 Å². The molecule has 0 spiro atoms. The van der Waals surface area contributed by atoms with Crippen LogP contribution in [0.15, 0.2) is 0 Å². The predicted molar refractivity (Wildman–Crippen MR) is 63.9 cm³/mol. The topological polar surface area (TPSA) is 87.7 Å². The highest BCUT2D eigenvalue weighted by molar-refractivity contribution is 5.67. The fraction of sp³-hybridized carbons (Fsp3) is 0.818. The molecule has 100 valence electrons. The second kappa shape index (κ2) is 7.11. The molecule has 17 heavy (non-hydrogen) atoms. The third-order valence-corrected chi connectivity index (χ3v) is 1.80. The first kappa shape index (κ1) is 15.7. The number of alkyl carbamates (subject to hydrolysis) is 1. The average Bonchev–Trinajstić information content (AvgIpc) is 1.95. The van der Waals surface area contributed by atoms with Gasteiger partial charge in [0.15, 0.2) is 0 Å². The van der Waals surface area contributed by atoms with Crippen molar-refractivity contribution in [3.8, 4) is 0 Å². The van der Waals surface area contributed by atoms with E-state index in [1.807, 2.05) is 20.8 Å². The predicted octanol–water partition coefficient (Wildman–Crippen LogP) is 0.821. The van der Waals surface area contributed by atoms with E-state index in [0.29, 0.717) is 12.5 Å². The standard InChI is InChI=1S/C9H18N2O2.C2H4O2/c1-9(2,3)13-8(12)11-6-7-4-10-5-7;1-2(3)4/h7,10H,4-6H2,1-3H3,(H,11,12);1H3,(H,3,4). The van der Waals surface area contributed by atoms with Gasteiger partial charge in [0.1, 0.15) is 5.60 Å². The highest BCUT2D eigenvalue weighted by Gasteiger charge is 2.20. The molecule has 1 aliphatic rings. The maximum atomic E-state index is 11.1. The van der Waals surface area contributed by atoms with E-state index in [9.17, 15) is 4.79 Å². The van der Waals surface area contributed by atoms with Gasteiger partial charge in [-0.15, -0.1) is 0 Å². The molecule has 1 aliphatic heterocycles. The van der Waals surface area contributed by atoms with Gasteiger partial charge in [0.2, 0.25) is 0 Å². The number of aliphatic carboxylic acids is 1. The zero-order valence-electron chi connectivity index (χ0n) is 10.9. The summed E-state index contributed by atoms with van der Waals surface area (Å²) in [7, 11) is 0. The summed E-state index contributed by atoms with van der Waals surface area (Å²) in [6.07, 6.45) is -0.320. The Hall–Kier alpha value is -1.30. The average molecular weight is 246 g/mol. The molecule has 0 bridgehead atoms. The lowest BCUT2D eigenvalue weighted by Crippen LogP contribution is -2.48. The van der Waals surface area contributed by atoms with Gasteiger partial charge in [0.05, 0.1) is 0 Å². The van der Waals surface area contributed by atoms with E-state index in [1.54, 1.807) is 0 Å².